The molecular weight excluding hydrogens is 254 g/mol. The Balaban J connectivity index is 1.92. The van der Waals surface area contributed by atoms with Gasteiger partial charge in [0, 0.05) is 17.4 Å². The van der Waals surface area contributed by atoms with Gasteiger partial charge in [-0.05, 0) is 30.2 Å². The predicted molar refractivity (Wildman–Crippen MR) is 77.3 cm³/mol. The fraction of sp³-hybridized carbons (Fsp3) is 0.200. The van der Waals surface area contributed by atoms with Gasteiger partial charge in [-0.3, -0.25) is 9.89 Å². The number of nitrogens with one attached hydrogen (secondary N) is 2. The van der Waals surface area contributed by atoms with E-state index in [0.29, 0.717) is 12.2 Å². The third-order valence-electron chi connectivity index (χ3n) is 3.15. The monoisotopic (exact) mass is 269 g/mol. The molecule has 0 spiro atoms. The summed E-state index contributed by atoms with van der Waals surface area (Å²) in [6.07, 6.45) is 4.66. The molecule has 2 N–H and O–H groups in total. The number of rotatable bonds is 4. The summed E-state index contributed by atoms with van der Waals surface area (Å²) >= 11 is 0. The summed E-state index contributed by atoms with van der Waals surface area (Å²) in [5.74, 6) is 0.567. The van der Waals surface area contributed by atoms with E-state index in [1.807, 2.05) is 31.2 Å². The van der Waals surface area contributed by atoms with Gasteiger partial charge in [-0.15, -0.1) is 0 Å². The Labute approximate surface area is 116 Å². The van der Waals surface area contributed by atoms with Gasteiger partial charge >= 0.3 is 0 Å². The zero-order valence-corrected chi connectivity index (χ0v) is 11.1. The second-order valence-corrected chi connectivity index (χ2v) is 4.64. The Kier molecular flexibility index (Phi) is 3.25. The van der Waals surface area contributed by atoms with Gasteiger partial charge < -0.3 is 9.73 Å². The number of fused-ring (bicyclic) bond motifs is 1. The lowest BCUT2D eigenvalue weighted by Gasteiger charge is -2.01. The van der Waals surface area contributed by atoms with Crippen LogP contribution in [0.5, 0.6) is 0 Å². The smallest absolute Gasteiger partial charge is 0.225 e. The highest BCUT2D eigenvalue weighted by molar-refractivity contribution is 6.00. The van der Waals surface area contributed by atoms with Crippen molar-refractivity contribution in [2.24, 2.45) is 0 Å². The van der Waals surface area contributed by atoms with E-state index in [1.165, 1.54) is 0 Å². The molecule has 5 heteroatoms. The van der Waals surface area contributed by atoms with Crippen LogP contribution in [0, 0.1) is 0 Å². The molecule has 0 saturated carbocycles. The van der Waals surface area contributed by atoms with E-state index in [9.17, 15) is 4.79 Å². The quantitative estimate of drug-likeness (QED) is 0.760. The molecule has 5 nitrogen and oxygen atoms in total. The molecule has 0 fully saturated rings. The molecule has 0 atom stereocenters. The van der Waals surface area contributed by atoms with Crippen LogP contribution in [0.3, 0.4) is 0 Å². The number of hydrogen-bond acceptors (Lipinski definition) is 3. The molecule has 0 bridgehead atoms. The summed E-state index contributed by atoms with van der Waals surface area (Å²) in [5, 5.41) is 10.8. The average molecular weight is 269 g/mol. The molecule has 0 aliphatic carbocycles. The van der Waals surface area contributed by atoms with Crippen molar-refractivity contribution in [1.29, 1.82) is 0 Å². The van der Waals surface area contributed by atoms with E-state index in [-0.39, 0.29) is 5.91 Å². The maximum absolute atomic E-state index is 11.6. The van der Waals surface area contributed by atoms with Crippen molar-refractivity contribution < 1.29 is 9.21 Å². The molecule has 0 aliphatic rings. The number of H-pyrrole nitrogens is 1. The third-order valence-corrected chi connectivity index (χ3v) is 3.15. The molecule has 0 aliphatic heterocycles. The standard InChI is InChI=1S/C15H15N3O2/c1-2-3-14(19)16-15-12-5-4-10(8-13(12)17-18-15)11-6-7-20-9-11/h4-9H,2-3H2,1H3,(H2,16,17,18,19). The van der Waals surface area contributed by atoms with Crippen LogP contribution in [0.4, 0.5) is 5.82 Å². The fourth-order valence-electron chi connectivity index (χ4n) is 2.14. The SMILES string of the molecule is CCCC(=O)Nc1n[nH]c2cc(-c3ccoc3)ccc12. The van der Waals surface area contributed by atoms with Crippen molar-refractivity contribution in [3.8, 4) is 11.1 Å². The molecule has 0 unspecified atom stereocenters. The molecular formula is C15H15N3O2. The van der Waals surface area contributed by atoms with Crippen LogP contribution >= 0.6 is 0 Å². The largest absolute Gasteiger partial charge is 0.472 e. The number of carbonyl (C=O) groups excluding carboxylic acids is 1. The van der Waals surface area contributed by atoms with Crippen molar-refractivity contribution in [3.63, 3.8) is 0 Å². The van der Waals surface area contributed by atoms with Crippen LogP contribution in [0.25, 0.3) is 22.0 Å². The van der Waals surface area contributed by atoms with Crippen molar-refractivity contribution in [2.45, 2.75) is 19.8 Å². The second-order valence-electron chi connectivity index (χ2n) is 4.64. The first kappa shape index (κ1) is 12.5. The fourth-order valence-corrected chi connectivity index (χ4v) is 2.14. The van der Waals surface area contributed by atoms with Gasteiger partial charge in [-0.2, -0.15) is 5.10 Å². The highest BCUT2D eigenvalue weighted by Gasteiger charge is 2.10. The molecule has 1 amide bonds. The molecule has 1 aromatic carbocycles. The Morgan fingerprint density at radius 1 is 1.35 bits per heavy atom. The summed E-state index contributed by atoms with van der Waals surface area (Å²) < 4.78 is 5.08. The predicted octanol–water partition coefficient (Wildman–Crippen LogP) is 3.56. The Bertz CT molecular complexity index is 729. The van der Waals surface area contributed by atoms with E-state index in [4.69, 9.17) is 4.42 Å². The number of aromatic nitrogens is 2. The van der Waals surface area contributed by atoms with Crippen molar-refractivity contribution in [3.05, 3.63) is 36.8 Å². The lowest BCUT2D eigenvalue weighted by atomic mass is 10.1. The molecule has 3 aromatic rings. The molecule has 2 heterocycles. The third kappa shape index (κ3) is 2.30. The minimum atomic E-state index is -0.0141. The highest BCUT2D eigenvalue weighted by Crippen LogP contribution is 2.27. The average Bonchev–Trinajstić information content (AvgIpc) is 3.08. The van der Waals surface area contributed by atoms with Crippen molar-refractivity contribution in [2.75, 3.05) is 5.32 Å². The van der Waals surface area contributed by atoms with Crippen LogP contribution in [0.15, 0.2) is 41.2 Å². The van der Waals surface area contributed by atoms with Crippen LogP contribution in [-0.4, -0.2) is 16.1 Å². The van der Waals surface area contributed by atoms with Gasteiger partial charge in [-0.1, -0.05) is 13.0 Å². The van der Waals surface area contributed by atoms with Gasteiger partial charge in [0.1, 0.15) is 0 Å². The van der Waals surface area contributed by atoms with Gasteiger partial charge in [-0.25, -0.2) is 0 Å². The maximum Gasteiger partial charge on any atom is 0.225 e. The van der Waals surface area contributed by atoms with E-state index in [2.05, 4.69) is 15.5 Å². The number of carbonyl (C=O) groups is 1. The van der Waals surface area contributed by atoms with Crippen molar-refractivity contribution in [1.82, 2.24) is 10.2 Å². The summed E-state index contributed by atoms with van der Waals surface area (Å²) in [7, 11) is 0. The summed E-state index contributed by atoms with van der Waals surface area (Å²) in [5.41, 5.74) is 2.94. The van der Waals surface area contributed by atoms with Crippen LogP contribution < -0.4 is 5.32 Å². The number of benzene rings is 1. The maximum atomic E-state index is 11.6. The lowest BCUT2D eigenvalue weighted by molar-refractivity contribution is -0.116. The number of amides is 1. The first-order valence-corrected chi connectivity index (χ1v) is 6.58. The Hall–Kier alpha value is -2.56. The minimum absolute atomic E-state index is 0.0141. The van der Waals surface area contributed by atoms with Gasteiger partial charge in [0.2, 0.25) is 5.91 Å². The highest BCUT2D eigenvalue weighted by atomic mass is 16.3. The lowest BCUT2D eigenvalue weighted by Crippen LogP contribution is -2.10. The van der Waals surface area contributed by atoms with Gasteiger partial charge in [0.25, 0.3) is 0 Å². The summed E-state index contributed by atoms with van der Waals surface area (Å²) in [6.45, 7) is 1.97. The van der Waals surface area contributed by atoms with Crippen LogP contribution in [0.2, 0.25) is 0 Å². The Morgan fingerprint density at radius 3 is 3.00 bits per heavy atom. The minimum Gasteiger partial charge on any atom is -0.472 e. The zero-order chi connectivity index (χ0) is 13.9. The van der Waals surface area contributed by atoms with E-state index < -0.39 is 0 Å². The number of anilines is 1. The molecule has 0 saturated heterocycles. The van der Waals surface area contributed by atoms with Gasteiger partial charge in [0.15, 0.2) is 5.82 Å². The van der Waals surface area contributed by atoms with Gasteiger partial charge in [0.05, 0.1) is 18.0 Å². The second kappa shape index (κ2) is 5.21. The summed E-state index contributed by atoms with van der Waals surface area (Å²) in [4.78, 5) is 11.6. The first-order chi connectivity index (χ1) is 9.78. The number of nitrogens with zero attached hydrogens (tertiary/aromatic N) is 1. The molecule has 0 radical (unpaired) electrons. The molecule has 3 rings (SSSR count). The zero-order valence-electron chi connectivity index (χ0n) is 11.1. The first-order valence-electron chi connectivity index (χ1n) is 6.58. The number of furan rings is 1. The molecule has 2 aromatic heterocycles. The van der Waals surface area contributed by atoms with Crippen LogP contribution in [-0.2, 0) is 4.79 Å². The molecule has 20 heavy (non-hydrogen) atoms. The topological polar surface area (TPSA) is 70.9 Å². The van der Waals surface area contributed by atoms with E-state index >= 15 is 0 Å². The van der Waals surface area contributed by atoms with E-state index in [0.717, 1.165) is 28.5 Å². The normalized spacial score (nSPS) is 10.8. The van der Waals surface area contributed by atoms with Crippen LogP contribution in [0.1, 0.15) is 19.8 Å². The summed E-state index contributed by atoms with van der Waals surface area (Å²) in [6, 6.07) is 7.82. The van der Waals surface area contributed by atoms with E-state index in [1.54, 1.807) is 12.5 Å². The number of aromatic amines is 1. The van der Waals surface area contributed by atoms with Crippen molar-refractivity contribution >= 4 is 22.6 Å². The molecule has 102 valence electrons. The Morgan fingerprint density at radius 2 is 2.25 bits per heavy atom. The number of hydrogen-bond donors (Lipinski definition) is 2.